The summed E-state index contributed by atoms with van der Waals surface area (Å²) in [5, 5.41) is 12.8. The van der Waals surface area contributed by atoms with Gasteiger partial charge in [0, 0.05) is 12.1 Å². The van der Waals surface area contributed by atoms with Crippen molar-refractivity contribution in [2.45, 2.75) is 38.5 Å². The summed E-state index contributed by atoms with van der Waals surface area (Å²) in [5.74, 6) is 0.770. The smallest absolute Gasteiger partial charge is 0.253 e. The Kier molecular flexibility index (Phi) is 7.87. The number of Topliss-reactive ketones (excluding diaryl/α,β-unsaturated/α-hetero) is 1. The van der Waals surface area contributed by atoms with Crippen molar-refractivity contribution in [3.8, 4) is 0 Å². The standard InChI is InChI=1S/C23H25ClN4O2S/c1-4-28-21(20(15(2)3)25-22(30)17-12-8-9-13-18(17)24)26-27-23(28)31-14-19(29)16-10-6-5-7-11-16/h5-13,15,20H,4,14H2,1-3H3,(H,25,30)/t20-/m0/s1. The minimum atomic E-state index is -0.351. The summed E-state index contributed by atoms with van der Waals surface area (Å²) in [4.78, 5) is 25.3. The number of ketones is 1. The zero-order valence-corrected chi connectivity index (χ0v) is 19.3. The van der Waals surface area contributed by atoms with Gasteiger partial charge < -0.3 is 9.88 Å². The summed E-state index contributed by atoms with van der Waals surface area (Å²) in [7, 11) is 0. The molecule has 0 aliphatic carbocycles. The number of carbonyl (C=O) groups excluding carboxylic acids is 2. The van der Waals surface area contributed by atoms with Gasteiger partial charge >= 0.3 is 0 Å². The molecule has 1 N–H and O–H groups in total. The third-order valence-corrected chi connectivity index (χ3v) is 6.14. The maximum absolute atomic E-state index is 12.8. The number of benzene rings is 2. The molecule has 0 aliphatic rings. The van der Waals surface area contributed by atoms with Crippen molar-refractivity contribution in [3.05, 3.63) is 76.6 Å². The molecule has 0 fully saturated rings. The van der Waals surface area contributed by atoms with Crippen LogP contribution < -0.4 is 5.32 Å². The predicted molar refractivity (Wildman–Crippen MR) is 124 cm³/mol. The SMILES string of the molecule is CCn1c(SCC(=O)c2ccccc2)nnc1[C@@H](NC(=O)c1ccccc1Cl)C(C)C. The van der Waals surface area contributed by atoms with Gasteiger partial charge in [0.15, 0.2) is 16.8 Å². The van der Waals surface area contributed by atoms with E-state index in [1.165, 1.54) is 11.8 Å². The molecule has 1 heterocycles. The van der Waals surface area contributed by atoms with Gasteiger partial charge in [-0.3, -0.25) is 9.59 Å². The molecule has 0 spiro atoms. The quantitative estimate of drug-likeness (QED) is 0.360. The second kappa shape index (κ2) is 10.6. The Hall–Kier alpha value is -2.64. The molecule has 1 atom stereocenters. The van der Waals surface area contributed by atoms with Gasteiger partial charge in [0.05, 0.1) is 22.4 Å². The Labute approximate surface area is 191 Å². The lowest BCUT2D eigenvalue weighted by Crippen LogP contribution is -2.34. The number of hydrogen-bond donors (Lipinski definition) is 1. The molecule has 0 radical (unpaired) electrons. The summed E-state index contributed by atoms with van der Waals surface area (Å²) in [6, 6.07) is 15.8. The first-order valence-corrected chi connectivity index (χ1v) is 11.5. The van der Waals surface area contributed by atoms with E-state index in [1.54, 1.807) is 36.4 Å². The van der Waals surface area contributed by atoms with Crippen molar-refractivity contribution in [2.75, 3.05) is 5.75 Å². The molecule has 31 heavy (non-hydrogen) atoms. The normalized spacial score (nSPS) is 12.0. The number of halogens is 1. The van der Waals surface area contributed by atoms with E-state index < -0.39 is 0 Å². The maximum Gasteiger partial charge on any atom is 0.253 e. The lowest BCUT2D eigenvalue weighted by Gasteiger charge is -2.22. The average molecular weight is 457 g/mol. The lowest BCUT2D eigenvalue weighted by molar-refractivity contribution is 0.0921. The molecule has 0 unspecified atom stereocenters. The number of amides is 1. The van der Waals surface area contributed by atoms with Gasteiger partial charge in [0.1, 0.15) is 0 Å². The number of carbonyl (C=O) groups is 2. The van der Waals surface area contributed by atoms with E-state index in [2.05, 4.69) is 15.5 Å². The van der Waals surface area contributed by atoms with Gasteiger partial charge in [-0.15, -0.1) is 10.2 Å². The summed E-state index contributed by atoms with van der Waals surface area (Å²) in [5.41, 5.74) is 1.09. The van der Waals surface area contributed by atoms with Crippen LogP contribution in [0.3, 0.4) is 0 Å². The minimum absolute atomic E-state index is 0.0326. The topological polar surface area (TPSA) is 76.9 Å². The minimum Gasteiger partial charge on any atom is -0.342 e. The Bertz CT molecular complexity index is 1050. The van der Waals surface area contributed by atoms with E-state index in [-0.39, 0.29) is 29.4 Å². The van der Waals surface area contributed by atoms with E-state index in [4.69, 9.17) is 11.6 Å². The van der Waals surface area contributed by atoms with Gasteiger partial charge in [-0.25, -0.2) is 0 Å². The van der Waals surface area contributed by atoms with Crippen LogP contribution in [0.5, 0.6) is 0 Å². The first-order valence-electron chi connectivity index (χ1n) is 10.1. The number of aromatic nitrogens is 3. The molecule has 2 aromatic carbocycles. The summed E-state index contributed by atoms with van der Waals surface area (Å²) < 4.78 is 1.94. The molecule has 162 valence electrons. The largest absolute Gasteiger partial charge is 0.342 e. The van der Waals surface area contributed by atoms with Crippen molar-refractivity contribution in [3.63, 3.8) is 0 Å². The number of hydrogen-bond acceptors (Lipinski definition) is 5. The molecule has 0 saturated carbocycles. The van der Waals surface area contributed by atoms with Crippen molar-refractivity contribution < 1.29 is 9.59 Å². The molecule has 3 aromatic rings. The molecule has 1 aromatic heterocycles. The van der Waals surface area contributed by atoms with E-state index >= 15 is 0 Å². The zero-order chi connectivity index (χ0) is 22.4. The molecule has 8 heteroatoms. The number of nitrogens with zero attached hydrogens (tertiary/aromatic N) is 3. The van der Waals surface area contributed by atoms with Crippen molar-refractivity contribution >= 4 is 35.1 Å². The van der Waals surface area contributed by atoms with E-state index in [1.807, 2.05) is 43.5 Å². The second-order valence-electron chi connectivity index (χ2n) is 7.34. The van der Waals surface area contributed by atoms with Gasteiger partial charge in [-0.1, -0.05) is 79.7 Å². The molecular weight excluding hydrogens is 432 g/mol. The van der Waals surface area contributed by atoms with Gasteiger partial charge in [-0.2, -0.15) is 0 Å². The second-order valence-corrected chi connectivity index (χ2v) is 8.69. The molecule has 0 aliphatic heterocycles. The fourth-order valence-corrected chi connectivity index (χ4v) is 4.29. The highest BCUT2D eigenvalue weighted by molar-refractivity contribution is 7.99. The van der Waals surface area contributed by atoms with Crippen LogP contribution in [0.4, 0.5) is 0 Å². The fraction of sp³-hybridized carbons (Fsp3) is 0.304. The van der Waals surface area contributed by atoms with Gasteiger partial charge in [0.2, 0.25) is 0 Å². The molecule has 0 bridgehead atoms. The Balaban J connectivity index is 1.78. The third-order valence-electron chi connectivity index (χ3n) is 4.84. The van der Waals surface area contributed by atoms with Gasteiger partial charge in [0.25, 0.3) is 5.91 Å². The van der Waals surface area contributed by atoms with Crippen molar-refractivity contribution in [1.29, 1.82) is 0 Å². The van der Waals surface area contributed by atoms with Crippen LogP contribution in [0.1, 0.15) is 53.4 Å². The number of thioether (sulfide) groups is 1. The first kappa shape index (κ1) is 23.0. The van der Waals surface area contributed by atoms with Crippen LogP contribution in [-0.2, 0) is 6.54 Å². The number of nitrogens with one attached hydrogen (secondary N) is 1. The third kappa shape index (κ3) is 5.54. The van der Waals surface area contributed by atoms with E-state index in [9.17, 15) is 9.59 Å². The molecule has 3 rings (SSSR count). The van der Waals surface area contributed by atoms with E-state index in [0.717, 1.165) is 0 Å². The zero-order valence-electron chi connectivity index (χ0n) is 17.7. The van der Waals surface area contributed by atoms with Crippen LogP contribution in [0.15, 0.2) is 59.8 Å². The van der Waals surface area contributed by atoms with Crippen molar-refractivity contribution in [1.82, 2.24) is 20.1 Å². The summed E-state index contributed by atoms with van der Waals surface area (Å²) in [6.45, 7) is 6.63. The Morgan fingerprint density at radius 2 is 1.74 bits per heavy atom. The van der Waals surface area contributed by atoms with Crippen LogP contribution >= 0.6 is 23.4 Å². The van der Waals surface area contributed by atoms with E-state index in [0.29, 0.717) is 33.7 Å². The average Bonchev–Trinajstić information content (AvgIpc) is 3.18. The highest BCUT2D eigenvalue weighted by Gasteiger charge is 2.26. The molecular formula is C23H25ClN4O2S. The Morgan fingerprint density at radius 1 is 1.06 bits per heavy atom. The van der Waals surface area contributed by atoms with Crippen LogP contribution in [-0.4, -0.2) is 32.2 Å². The highest BCUT2D eigenvalue weighted by Crippen LogP contribution is 2.26. The van der Waals surface area contributed by atoms with Crippen molar-refractivity contribution in [2.24, 2.45) is 5.92 Å². The summed E-state index contributed by atoms with van der Waals surface area (Å²) >= 11 is 7.53. The molecule has 6 nitrogen and oxygen atoms in total. The van der Waals surface area contributed by atoms with Crippen LogP contribution in [0.25, 0.3) is 0 Å². The van der Waals surface area contributed by atoms with Crippen LogP contribution in [0.2, 0.25) is 5.02 Å². The van der Waals surface area contributed by atoms with Crippen LogP contribution in [0, 0.1) is 5.92 Å². The Morgan fingerprint density at radius 3 is 2.39 bits per heavy atom. The molecule has 0 saturated heterocycles. The predicted octanol–water partition coefficient (Wildman–Crippen LogP) is 5.05. The first-order chi connectivity index (χ1) is 14.9. The van der Waals surface area contributed by atoms with Gasteiger partial charge in [-0.05, 0) is 25.0 Å². The lowest BCUT2D eigenvalue weighted by atomic mass is 10.0. The summed E-state index contributed by atoms with van der Waals surface area (Å²) in [6.07, 6.45) is 0. The highest BCUT2D eigenvalue weighted by atomic mass is 35.5. The maximum atomic E-state index is 12.8. The number of rotatable bonds is 9. The molecule has 1 amide bonds. The fourth-order valence-electron chi connectivity index (χ4n) is 3.17. The monoisotopic (exact) mass is 456 g/mol.